The summed E-state index contributed by atoms with van der Waals surface area (Å²) in [5.74, 6) is 0.00412. The Hall–Kier alpha value is -2.07. The van der Waals surface area contributed by atoms with Crippen molar-refractivity contribution in [1.82, 2.24) is 9.80 Å². The van der Waals surface area contributed by atoms with Crippen molar-refractivity contribution in [2.24, 2.45) is 0 Å². The van der Waals surface area contributed by atoms with Gasteiger partial charge in [0.05, 0.1) is 11.8 Å². The van der Waals surface area contributed by atoms with Gasteiger partial charge < -0.3 is 14.2 Å². The Kier molecular flexibility index (Phi) is 4.96. The number of hydrogen-bond acceptors (Lipinski definition) is 3. The summed E-state index contributed by atoms with van der Waals surface area (Å²) >= 11 is 0. The topological polar surface area (TPSA) is 36.7 Å². The van der Waals surface area contributed by atoms with E-state index in [0.29, 0.717) is 18.7 Å². The second-order valence-corrected chi connectivity index (χ2v) is 5.03. The van der Waals surface area contributed by atoms with Crippen LogP contribution in [0, 0.1) is 0 Å². The lowest BCUT2D eigenvalue weighted by Crippen LogP contribution is -2.36. The lowest BCUT2D eigenvalue weighted by molar-refractivity contribution is 0.0731. The van der Waals surface area contributed by atoms with Crippen LogP contribution in [0.15, 0.2) is 53.3 Å². The van der Waals surface area contributed by atoms with E-state index in [9.17, 15) is 4.79 Å². The van der Waals surface area contributed by atoms with Crippen molar-refractivity contribution in [2.75, 3.05) is 27.2 Å². The number of nitrogens with zero attached hydrogens (tertiary/aromatic N) is 2. The summed E-state index contributed by atoms with van der Waals surface area (Å²) in [6.45, 7) is 2.13. The largest absolute Gasteiger partial charge is 0.472 e. The number of benzene rings is 1. The van der Waals surface area contributed by atoms with Crippen LogP contribution in [0.4, 0.5) is 0 Å². The lowest BCUT2D eigenvalue weighted by atomic mass is 10.2. The average molecular weight is 272 g/mol. The molecule has 4 nitrogen and oxygen atoms in total. The molecular formula is C16H20N2O2. The van der Waals surface area contributed by atoms with Crippen molar-refractivity contribution in [3.05, 3.63) is 60.1 Å². The molecule has 2 aromatic rings. The standard InChI is InChI=1S/C16H20N2O2/c1-17(2)9-10-18(12-14-6-4-3-5-7-14)16(19)15-8-11-20-13-15/h3-8,11,13H,9-10,12H2,1-2H3. The van der Waals surface area contributed by atoms with Crippen LogP contribution < -0.4 is 0 Å². The Labute approximate surface area is 119 Å². The average Bonchev–Trinajstić information content (AvgIpc) is 2.97. The first kappa shape index (κ1) is 14.3. The van der Waals surface area contributed by atoms with Gasteiger partial charge in [0.2, 0.25) is 0 Å². The Bertz CT molecular complexity index is 521. The maximum absolute atomic E-state index is 12.5. The van der Waals surface area contributed by atoms with Gasteiger partial charge in [-0.1, -0.05) is 30.3 Å². The van der Waals surface area contributed by atoms with Crippen LogP contribution in [0.25, 0.3) is 0 Å². The number of rotatable bonds is 6. The SMILES string of the molecule is CN(C)CCN(Cc1ccccc1)C(=O)c1ccoc1. The molecule has 0 aliphatic rings. The summed E-state index contributed by atoms with van der Waals surface area (Å²) in [4.78, 5) is 16.4. The van der Waals surface area contributed by atoms with Gasteiger partial charge >= 0.3 is 0 Å². The molecule has 0 spiro atoms. The lowest BCUT2D eigenvalue weighted by Gasteiger charge is -2.24. The van der Waals surface area contributed by atoms with E-state index in [1.54, 1.807) is 6.07 Å². The van der Waals surface area contributed by atoms with E-state index in [4.69, 9.17) is 4.42 Å². The number of carbonyl (C=O) groups is 1. The molecule has 0 atom stereocenters. The molecule has 1 aromatic heterocycles. The normalized spacial score (nSPS) is 10.8. The van der Waals surface area contributed by atoms with E-state index in [0.717, 1.165) is 12.1 Å². The van der Waals surface area contributed by atoms with Crippen molar-refractivity contribution in [1.29, 1.82) is 0 Å². The van der Waals surface area contributed by atoms with Crippen LogP contribution in [0.3, 0.4) is 0 Å². The van der Waals surface area contributed by atoms with Gasteiger partial charge in [0.1, 0.15) is 6.26 Å². The van der Waals surface area contributed by atoms with Crippen molar-refractivity contribution < 1.29 is 9.21 Å². The molecule has 0 aliphatic heterocycles. The number of hydrogen-bond donors (Lipinski definition) is 0. The Balaban J connectivity index is 2.10. The van der Waals surface area contributed by atoms with E-state index in [1.165, 1.54) is 12.5 Å². The van der Waals surface area contributed by atoms with Crippen LogP contribution >= 0.6 is 0 Å². The highest BCUT2D eigenvalue weighted by atomic mass is 16.3. The van der Waals surface area contributed by atoms with E-state index in [1.807, 2.05) is 49.3 Å². The predicted molar refractivity (Wildman–Crippen MR) is 78.4 cm³/mol. The molecule has 0 fully saturated rings. The van der Waals surface area contributed by atoms with Gasteiger partial charge in [-0.3, -0.25) is 4.79 Å². The maximum Gasteiger partial charge on any atom is 0.257 e. The molecule has 0 aliphatic carbocycles. The third kappa shape index (κ3) is 3.96. The fourth-order valence-electron chi connectivity index (χ4n) is 1.95. The first-order valence-electron chi connectivity index (χ1n) is 6.67. The number of carbonyl (C=O) groups excluding carboxylic acids is 1. The van der Waals surface area contributed by atoms with E-state index < -0.39 is 0 Å². The van der Waals surface area contributed by atoms with Crippen LogP contribution in [-0.4, -0.2) is 42.9 Å². The molecule has 0 bridgehead atoms. The van der Waals surface area contributed by atoms with E-state index >= 15 is 0 Å². The highest BCUT2D eigenvalue weighted by Gasteiger charge is 2.17. The Morgan fingerprint density at radius 2 is 1.85 bits per heavy atom. The first-order chi connectivity index (χ1) is 9.66. The number of furan rings is 1. The smallest absolute Gasteiger partial charge is 0.257 e. The molecule has 1 aromatic carbocycles. The zero-order valence-corrected chi connectivity index (χ0v) is 12.0. The van der Waals surface area contributed by atoms with Gasteiger partial charge in [-0.15, -0.1) is 0 Å². The van der Waals surface area contributed by atoms with Gasteiger partial charge in [0.25, 0.3) is 5.91 Å². The zero-order valence-electron chi connectivity index (χ0n) is 12.0. The molecule has 0 radical (unpaired) electrons. The molecule has 2 rings (SSSR count). The molecule has 1 heterocycles. The molecule has 0 N–H and O–H groups in total. The zero-order chi connectivity index (χ0) is 14.4. The molecule has 0 saturated heterocycles. The third-order valence-corrected chi connectivity index (χ3v) is 3.09. The van der Waals surface area contributed by atoms with Gasteiger partial charge in [0.15, 0.2) is 0 Å². The summed E-state index contributed by atoms with van der Waals surface area (Å²) in [5, 5.41) is 0. The Morgan fingerprint density at radius 1 is 1.10 bits per heavy atom. The molecular weight excluding hydrogens is 252 g/mol. The molecule has 20 heavy (non-hydrogen) atoms. The Morgan fingerprint density at radius 3 is 2.45 bits per heavy atom. The van der Waals surface area contributed by atoms with Crippen LogP contribution in [-0.2, 0) is 6.54 Å². The quantitative estimate of drug-likeness (QED) is 0.810. The molecule has 4 heteroatoms. The molecule has 0 saturated carbocycles. The van der Waals surface area contributed by atoms with E-state index in [2.05, 4.69) is 4.90 Å². The van der Waals surface area contributed by atoms with Crippen molar-refractivity contribution in [3.8, 4) is 0 Å². The summed E-state index contributed by atoms with van der Waals surface area (Å²) in [5.41, 5.74) is 1.72. The minimum Gasteiger partial charge on any atom is -0.472 e. The second kappa shape index (κ2) is 6.91. The number of amides is 1. The van der Waals surface area contributed by atoms with Crippen LogP contribution in [0.5, 0.6) is 0 Å². The number of likely N-dealkylation sites (N-methyl/N-ethyl adjacent to an activating group) is 1. The highest BCUT2D eigenvalue weighted by Crippen LogP contribution is 2.10. The van der Waals surface area contributed by atoms with Gasteiger partial charge in [-0.2, -0.15) is 0 Å². The summed E-state index contributed by atoms with van der Waals surface area (Å²) in [6.07, 6.45) is 3.02. The van der Waals surface area contributed by atoms with Crippen LogP contribution in [0.2, 0.25) is 0 Å². The molecule has 0 unspecified atom stereocenters. The summed E-state index contributed by atoms with van der Waals surface area (Å²) in [6, 6.07) is 11.7. The maximum atomic E-state index is 12.5. The monoisotopic (exact) mass is 272 g/mol. The third-order valence-electron chi connectivity index (χ3n) is 3.09. The van der Waals surface area contributed by atoms with Crippen molar-refractivity contribution in [2.45, 2.75) is 6.54 Å². The minimum absolute atomic E-state index is 0.00412. The van der Waals surface area contributed by atoms with Crippen LogP contribution in [0.1, 0.15) is 15.9 Å². The summed E-state index contributed by atoms with van der Waals surface area (Å²) in [7, 11) is 4.01. The first-order valence-corrected chi connectivity index (χ1v) is 6.67. The minimum atomic E-state index is 0.00412. The fraction of sp³-hybridized carbons (Fsp3) is 0.312. The predicted octanol–water partition coefficient (Wildman–Crippen LogP) is 2.48. The highest BCUT2D eigenvalue weighted by molar-refractivity contribution is 5.93. The van der Waals surface area contributed by atoms with Gasteiger partial charge in [0, 0.05) is 19.6 Å². The molecule has 1 amide bonds. The second-order valence-electron chi connectivity index (χ2n) is 5.03. The van der Waals surface area contributed by atoms with Crippen molar-refractivity contribution in [3.63, 3.8) is 0 Å². The van der Waals surface area contributed by atoms with Gasteiger partial charge in [-0.25, -0.2) is 0 Å². The van der Waals surface area contributed by atoms with Gasteiger partial charge in [-0.05, 0) is 25.7 Å². The summed E-state index contributed by atoms with van der Waals surface area (Å²) < 4.78 is 5.00. The fourth-order valence-corrected chi connectivity index (χ4v) is 1.95. The van der Waals surface area contributed by atoms with Crippen molar-refractivity contribution >= 4 is 5.91 Å². The van der Waals surface area contributed by atoms with E-state index in [-0.39, 0.29) is 5.91 Å². The molecule has 106 valence electrons.